The molecule has 1 aliphatic carbocycles. The summed E-state index contributed by atoms with van der Waals surface area (Å²) in [4.78, 5) is 11.5. The van der Waals surface area contributed by atoms with Crippen LogP contribution in [0.25, 0.3) is 0 Å². The minimum Gasteiger partial charge on any atom is -0.481 e. The van der Waals surface area contributed by atoms with E-state index in [1.807, 2.05) is 12.1 Å². The first-order valence-corrected chi connectivity index (χ1v) is 6.43. The van der Waals surface area contributed by atoms with E-state index in [4.69, 9.17) is 11.6 Å². The largest absolute Gasteiger partial charge is 0.481 e. The van der Waals surface area contributed by atoms with Crippen molar-refractivity contribution in [1.29, 1.82) is 0 Å². The van der Waals surface area contributed by atoms with Crippen molar-refractivity contribution in [3.05, 3.63) is 33.3 Å². The van der Waals surface area contributed by atoms with Crippen LogP contribution in [-0.2, 0) is 10.2 Å². The highest BCUT2D eigenvalue weighted by Crippen LogP contribution is 2.46. The fraction of sp³-hybridized carbons (Fsp3) is 0.417. The summed E-state index contributed by atoms with van der Waals surface area (Å²) in [6.45, 7) is 0. The maximum atomic E-state index is 11.5. The zero-order valence-corrected chi connectivity index (χ0v) is 11.0. The van der Waals surface area contributed by atoms with Crippen LogP contribution in [-0.4, -0.2) is 11.1 Å². The molecule has 2 rings (SSSR count). The lowest BCUT2D eigenvalue weighted by molar-refractivity contribution is -0.143. The summed E-state index contributed by atoms with van der Waals surface area (Å²) in [5, 5.41) is 10.0. The van der Waals surface area contributed by atoms with Gasteiger partial charge in [0.25, 0.3) is 0 Å². The Labute approximate surface area is 108 Å². The number of hydrogen-bond acceptors (Lipinski definition) is 1. The number of rotatable bonds is 2. The van der Waals surface area contributed by atoms with E-state index >= 15 is 0 Å². The van der Waals surface area contributed by atoms with Crippen LogP contribution in [0.1, 0.15) is 31.2 Å². The van der Waals surface area contributed by atoms with Crippen molar-refractivity contribution in [2.24, 2.45) is 0 Å². The first-order valence-electron chi connectivity index (χ1n) is 5.26. The van der Waals surface area contributed by atoms with E-state index in [9.17, 15) is 9.90 Å². The van der Waals surface area contributed by atoms with Gasteiger partial charge in [0, 0.05) is 15.1 Å². The van der Waals surface area contributed by atoms with Gasteiger partial charge in [-0.05, 0) is 25.0 Å². The molecular formula is C12H12BrClO2. The molecule has 1 aliphatic rings. The second kappa shape index (κ2) is 4.38. The second-order valence-corrected chi connectivity index (χ2v) is 5.45. The molecule has 0 atom stereocenters. The molecule has 0 aromatic heterocycles. The number of carbonyl (C=O) groups is 1. The van der Waals surface area contributed by atoms with Crippen molar-refractivity contribution in [1.82, 2.24) is 0 Å². The summed E-state index contributed by atoms with van der Waals surface area (Å²) in [5.41, 5.74) is -0.0568. The fourth-order valence-electron chi connectivity index (χ4n) is 2.50. The van der Waals surface area contributed by atoms with Crippen LogP contribution < -0.4 is 0 Å². The van der Waals surface area contributed by atoms with Crippen molar-refractivity contribution in [3.8, 4) is 0 Å². The van der Waals surface area contributed by atoms with Crippen LogP contribution in [0, 0.1) is 0 Å². The van der Waals surface area contributed by atoms with Crippen LogP contribution >= 0.6 is 27.5 Å². The highest BCUT2D eigenvalue weighted by atomic mass is 79.9. The Morgan fingerprint density at radius 2 is 2.00 bits per heavy atom. The van der Waals surface area contributed by atoms with Gasteiger partial charge in [0.2, 0.25) is 0 Å². The zero-order valence-electron chi connectivity index (χ0n) is 8.67. The molecule has 16 heavy (non-hydrogen) atoms. The minimum absolute atomic E-state index is 0.540. The number of aliphatic carboxylic acids is 1. The average molecular weight is 304 g/mol. The molecule has 0 saturated heterocycles. The molecule has 1 aromatic carbocycles. The quantitative estimate of drug-likeness (QED) is 0.896. The van der Waals surface area contributed by atoms with E-state index in [1.54, 1.807) is 6.07 Å². The molecule has 0 heterocycles. The Morgan fingerprint density at radius 3 is 2.50 bits per heavy atom. The van der Waals surface area contributed by atoms with Gasteiger partial charge in [-0.25, -0.2) is 0 Å². The van der Waals surface area contributed by atoms with Gasteiger partial charge in [0.15, 0.2) is 0 Å². The van der Waals surface area contributed by atoms with Gasteiger partial charge in [-0.2, -0.15) is 0 Å². The van der Waals surface area contributed by atoms with Crippen molar-refractivity contribution < 1.29 is 9.90 Å². The SMILES string of the molecule is O=C(O)C1(c2c(Cl)cccc2Br)CCCC1. The molecule has 1 fully saturated rings. The molecule has 0 radical (unpaired) electrons. The van der Waals surface area contributed by atoms with Gasteiger partial charge in [0.05, 0.1) is 5.41 Å². The monoisotopic (exact) mass is 302 g/mol. The number of carboxylic acid groups (broad SMARTS) is 1. The molecule has 0 unspecified atom stereocenters. The topological polar surface area (TPSA) is 37.3 Å². The zero-order chi connectivity index (χ0) is 11.8. The lowest BCUT2D eigenvalue weighted by Gasteiger charge is -2.26. The summed E-state index contributed by atoms with van der Waals surface area (Å²) >= 11 is 9.56. The predicted molar refractivity (Wildman–Crippen MR) is 66.9 cm³/mol. The summed E-state index contributed by atoms with van der Waals surface area (Å²) in [6, 6.07) is 5.43. The predicted octanol–water partition coefficient (Wildman–Crippen LogP) is 4.00. The van der Waals surface area contributed by atoms with Gasteiger partial charge in [-0.15, -0.1) is 0 Å². The molecule has 86 valence electrons. The molecule has 1 aromatic rings. The van der Waals surface area contributed by atoms with Gasteiger partial charge >= 0.3 is 5.97 Å². The van der Waals surface area contributed by atoms with E-state index in [1.165, 1.54) is 0 Å². The van der Waals surface area contributed by atoms with E-state index in [2.05, 4.69) is 15.9 Å². The van der Waals surface area contributed by atoms with Crippen molar-refractivity contribution in [2.45, 2.75) is 31.1 Å². The molecule has 0 amide bonds. The third kappa shape index (κ3) is 1.76. The Bertz CT molecular complexity index is 405. The fourth-order valence-corrected chi connectivity index (χ4v) is 3.72. The summed E-state index contributed by atoms with van der Waals surface area (Å²) in [6.07, 6.45) is 3.24. The average Bonchev–Trinajstić information content (AvgIpc) is 2.67. The first-order chi connectivity index (χ1) is 7.58. The van der Waals surface area contributed by atoms with Crippen molar-refractivity contribution in [3.63, 3.8) is 0 Å². The van der Waals surface area contributed by atoms with E-state index in [0.717, 1.165) is 22.9 Å². The molecule has 1 N–H and O–H groups in total. The van der Waals surface area contributed by atoms with Crippen LogP contribution in [0.4, 0.5) is 0 Å². The molecule has 4 heteroatoms. The molecule has 0 spiro atoms. The molecule has 1 saturated carbocycles. The Balaban J connectivity index is 2.60. The van der Waals surface area contributed by atoms with Crippen LogP contribution in [0.3, 0.4) is 0 Å². The normalized spacial score (nSPS) is 18.6. The third-order valence-electron chi connectivity index (χ3n) is 3.31. The van der Waals surface area contributed by atoms with Gasteiger partial charge < -0.3 is 5.11 Å². The Hall–Kier alpha value is -0.540. The summed E-state index contributed by atoms with van der Waals surface area (Å²) < 4.78 is 0.796. The van der Waals surface area contributed by atoms with E-state index in [-0.39, 0.29) is 0 Å². The maximum Gasteiger partial charge on any atom is 0.314 e. The third-order valence-corrected chi connectivity index (χ3v) is 4.28. The van der Waals surface area contributed by atoms with Gasteiger partial charge in [-0.1, -0.05) is 46.4 Å². The number of hydrogen-bond donors (Lipinski definition) is 1. The molecule has 0 aliphatic heterocycles. The van der Waals surface area contributed by atoms with Crippen molar-refractivity contribution in [2.75, 3.05) is 0 Å². The van der Waals surface area contributed by atoms with Gasteiger partial charge in [-0.3, -0.25) is 4.79 Å². The van der Waals surface area contributed by atoms with E-state index in [0.29, 0.717) is 17.9 Å². The molecule has 0 bridgehead atoms. The minimum atomic E-state index is -0.794. The molecular weight excluding hydrogens is 291 g/mol. The highest BCUT2D eigenvalue weighted by Gasteiger charge is 2.45. The van der Waals surface area contributed by atoms with Crippen LogP contribution in [0.5, 0.6) is 0 Å². The standard InChI is InChI=1S/C12H12BrClO2/c13-8-4-3-5-9(14)10(8)12(11(15)16)6-1-2-7-12/h3-5H,1-2,6-7H2,(H,15,16). The smallest absolute Gasteiger partial charge is 0.314 e. The number of carboxylic acids is 1. The van der Waals surface area contributed by atoms with Crippen molar-refractivity contribution >= 4 is 33.5 Å². The number of halogens is 2. The molecule has 2 nitrogen and oxygen atoms in total. The summed E-state index contributed by atoms with van der Waals surface area (Å²) in [7, 11) is 0. The summed E-state index contributed by atoms with van der Waals surface area (Å²) in [5.74, 6) is -0.765. The lowest BCUT2D eigenvalue weighted by Crippen LogP contribution is -2.33. The second-order valence-electron chi connectivity index (χ2n) is 4.19. The first kappa shape index (κ1) is 11.9. The van der Waals surface area contributed by atoms with Crippen LogP contribution in [0.2, 0.25) is 5.02 Å². The highest BCUT2D eigenvalue weighted by molar-refractivity contribution is 9.10. The van der Waals surface area contributed by atoms with Gasteiger partial charge in [0.1, 0.15) is 0 Å². The maximum absolute atomic E-state index is 11.5. The van der Waals surface area contributed by atoms with E-state index < -0.39 is 11.4 Å². The van der Waals surface area contributed by atoms with Crippen LogP contribution in [0.15, 0.2) is 22.7 Å². The Kier molecular flexibility index (Phi) is 3.27. The number of benzene rings is 1. The lowest BCUT2D eigenvalue weighted by atomic mass is 9.79. The Morgan fingerprint density at radius 1 is 1.38 bits per heavy atom.